The number of benzene rings is 1. The third-order valence-corrected chi connectivity index (χ3v) is 3.41. The van der Waals surface area contributed by atoms with Crippen LogP contribution in [0.4, 0.5) is 11.5 Å². The quantitative estimate of drug-likeness (QED) is 0.686. The molecular weight excluding hydrogens is 304 g/mol. The summed E-state index contributed by atoms with van der Waals surface area (Å²) in [5.74, 6) is 1.17. The minimum atomic E-state index is -0.288. The second kappa shape index (κ2) is 9.50. The van der Waals surface area contributed by atoms with Crippen LogP contribution in [0.1, 0.15) is 43.6 Å². The van der Waals surface area contributed by atoms with E-state index in [0.717, 1.165) is 18.7 Å². The van der Waals surface area contributed by atoms with Crippen molar-refractivity contribution in [1.29, 1.82) is 0 Å². The van der Waals surface area contributed by atoms with E-state index >= 15 is 0 Å². The molecule has 1 amide bonds. The van der Waals surface area contributed by atoms with E-state index in [0.29, 0.717) is 18.1 Å². The molecule has 0 saturated carbocycles. The molecule has 0 fully saturated rings. The van der Waals surface area contributed by atoms with Crippen molar-refractivity contribution in [3.05, 3.63) is 42.1 Å². The van der Waals surface area contributed by atoms with Gasteiger partial charge in [-0.15, -0.1) is 10.2 Å². The van der Waals surface area contributed by atoms with E-state index in [2.05, 4.69) is 27.8 Å². The van der Waals surface area contributed by atoms with Crippen LogP contribution in [-0.4, -0.2) is 29.3 Å². The number of amides is 1. The molecule has 0 aliphatic rings. The van der Waals surface area contributed by atoms with Crippen LogP contribution in [0.5, 0.6) is 5.75 Å². The first-order valence-electron chi connectivity index (χ1n) is 8.34. The lowest BCUT2D eigenvalue weighted by molar-refractivity contribution is 0.102. The Labute approximate surface area is 142 Å². The minimum absolute atomic E-state index is 0.281. The van der Waals surface area contributed by atoms with Crippen molar-refractivity contribution in [2.45, 2.75) is 33.1 Å². The number of rotatable bonds is 9. The van der Waals surface area contributed by atoms with Gasteiger partial charge in [-0.1, -0.05) is 19.8 Å². The number of aromatic nitrogens is 2. The molecule has 0 bridgehead atoms. The van der Waals surface area contributed by atoms with Crippen LogP contribution in [0, 0.1) is 0 Å². The maximum Gasteiger partial charge on any atom is 0.276 e. The number of anilines is 2. The summed E-state index contributed by atoms with van der Waals surface area (Å²) in [6.07, 6.45) is 3.46. The molecule has 2 N–H and O–H groups in total. The lowest BCUT2D eigenvalue weighted by Gasteiger charge is -2.07. The van der Waals surface area contributed by atoms with Gasteiger partial charge in [-0.25, -0.2) is 0 Å². The monoisotopic (exact) mass is 328 g/mol. The van der Waals surface area contributed by atoms with Crippen molar-refractivity contribution in [3.63, 3.8) is 0 Å². The fourth-order valence-corrected chi connectivity index (χ4v) is 2.14. The third-order valence-electron chi connectivity index (χ3n) is 3.41. The van der Waals surface area contributed by atoms with Crippen molar-refractivity contribution >= 4 is 17.4 Å². The predicted octanol–water partition coefficient (Wildman–Crippen LogP) is 3.73. The summed E-state index contributed by atoms with van der Waals surface area (Å²) < 4.78 is 5.37. The third kappa shape index (κ3) is 5.53. The molecule has 1 aromatic carbocycles. The summed E-state index contributed by atoms with van der Waals surface area (Å²) >= 11 is 0. The van der Waals surface area contributed by atoms with E-state index < -0.39 is 0 Å². The largest absolute Gasteiger partial charge is 0.494 e. The lowest BCUT2D eigenvalue weighted by atomic mass is 10.2. The van der Waals surface area contributed by atoms with E-state index in [1.165, 1.54) is 12.8 Å². The van der Waals surface area contributed by atoms with Gasteiger partial charge in [-0.05, 0) is 49.7 Å². The first-order valence-corrected chi connectivity index (χ1v) is 8.34. The molecule has 0 aliphatic heterocycles. The Kier molecular flexibility index (Phi) is 7.01. The van der Waals surface area contributed by atoms with E-state index in [1.54, 1.807) is 24.3 Å². The number of hydrogen-bond donors (Lipinski definition) is 2. The molecule has 1 aromatic heterocycles. The predicted molar refractivity (Wildman–Crippen MR) is 95.6 cm³/mol. The van der Waals surface area contributed by atoms with Crippen LogP contribution in [0.15, 0.2) is 36.4 Å². The van der Waals surface area contributed by atoms with Gasteiger partial charge >= 0.3 is 0 Å². The van der Waals surface area contributed by atoms with Crippen molar-refractivity contribution in [3.8, 4) is 5.75 Å². The van der Waals surface area contributed by atoms with Gasteiger partial charge in [0.15, 0.2) is 5.69 Å². The molecule has 2 rings (SSSR count). The molecule has 0 atom stereocenters. The molecule has 2 aromatic rings. The van der Waals surface area contributed by atoms with E-state index in [9.17, 15) is 4.79 Å². The summed E-state index contributed by atoms with van der Waals surface area (Å²) in [5.41, 5.74) is 0.968. The second-order valence-corrected chi connectivity index (χ2v) is 5.35. The SMILES string of the molecule is CCCCCNc1ccc(C(=O)Nc2ccc(OCC)cc2)nn1. The van der Waals surface area contributed by atoms with Crippen LogP contribution in [0.2, 0.25) is 0 Å². The van der Waals surface area contributed by atoms with Gasteiger partial charge in [0.05, 0.1) is 6.61 Å². The Morgan fingerprint density at radius 1 is 1.04 bits per heavy atom. The first kappa shape index (κ1) is 17.7. The highest BCUT2D eigenvalue weighted by molar-refractivity contribution is 6.02. The van der Waals surface area contributed by atoms with Gasteiger partial charge < -0.3 is 15.4 Å². The summed E-state index contributed by atoms with van der Waals surface area (Å²) in [6.45, 7) is 5.56. The maximum atomic E-state index is 12.2. The molecule has 0 aliphatic carbocycles. The number of carbonyl (C=O) groups excluding carboxylic acids is 1. The highest BCUT2D eigenvalue weighted by Gasteiger charge is 2.08. The zero-order valence-electron chi connectivity index (χ0n) is 14.2. The summed E-state index contributed by atoms with van der Waals surface area (Å²) in [4.78, 5) is 12.2. The fraction of sp³-hybridized carbons (Fsp3) is 0.389. The standard InChI is InChI=1S/C18H24N4O2/c1-3-5-6-13-19-17-12-11-16(21-22-17)18(23)20-14-7-9-15(10-8-14)24-4-2/h7-12H,3-6,13H2,1-2H3,(H,19,22)(H,20,23). The number of carbonyl (C=O) groups is 1. The Bertz CT molecular complexity index is 626. The zero-order valence-corrected chi connectivity index (χ0v) is 14.2. The van der Waals surface area contributed by atoms with Gasteiger partial charge in [-0.2, -0.15) is 0 Å². The molecule has 24 heavy (non-hydrogen) atoms. The highest BCUT2D eigenvalue weighted by Crippen LogP contribution is 2.16. The molecule has 0 unspecified atom stereocenters. The van der Waals surface area contributed by atoms with E-state index in [4.69, 9.17) is 4.74 Å². The summed E-state index contributed by atoms with van der Waals surface area (Å²) in [7, 11) is 0. The maximum absolute atomic E-state index is 12.2. The minimum Gasteiger partial charge on any atom is -0.494 e. The zero-order chi connectivity index (χ0) is 17.2. The van der Waals surface area contributed by atoms with E-state index in [-0.39, 0.29) is 11.6 Å². The molecule has 6 heteroatoms. The van der Waals surface area contributed by atoms with Gasteiger partial charge in [0, 0.05) is 12.2 Å². The second-order valence-electron chi connectivity index (χ2n) is 5.35. The van der Waals surface area contributed by atoms with Crippen LogP contribution in [-0.2, 0) is 0 Å². The Morgan fingerprint density at radius 3 is 2.46 bits per heavy atom. The van der Waals surface area contributed by atoms with Crippen LogP contribution in [0.25, 0.3) is 0 Å². The van der Waals surface area contributed by atoms with Crippen molar-refractivity contribution < 1.29 is 9.53 Å². The van der Waals surface area contributed by atoms with Gasteiger partial charge in [-0.3, -0.25) is 4.79 Å². The Hall–Kier alpha value is -2.63. The molecule has 0 spiro atoms. The number of nitrogens with zero attached hydrogens (tertiary/aromatic N) is 2. The Morgan fingerprint density at radius 2 is 1.83 bits per heavy atom. The van der Waals surface area contributed by atoms with Crippen LogP contribution >= 0.6 is 0 Å². The number of nitrogens with one attached hydrogen (secondary N) is 2. The van der Waals surface area contributed by atoms with Crippen LogP contribution < -0.4 is 15.4 Å². The molecule has 128 valence electrons. The topological polar surface area (TPSA) is 76.1 Å². The van der Waals surface area contributed by atoms with Crippen molar-refractivity contribution in [2.24, 2.45) is 0 Å². The average molecular weight is 328 g/mol. The van der Waals surface area contributed by atoms with Crippen LogP contribution in [0.3, 0.4) is 0 Å². The van der Waals surface area contributed by atoms with Crippen molar-refractivity contribution in [2.75, 3.05) is 23.8 Å². The van der Waals surface area contributed by atoms with Crippen molar-refractivity contribution in [1.82, 2.24) is 10.2 Å². The van der Waals surface area contributed by atoms with E-state index in [1.807, 2.05) is 19.1 Å². The van der Waals surface area contributed by atoms with Gasteiger partial charge in [0.2, 0.25) is 0 Å². The number of ether oxygens (including phenoxy) is 1. The molecule has 0 saturated heterocycles. The summed E-state index contributed by atoms with van der Waals surface area (Å²) in [6, 6.07) is 10.6. The number of unbranched alkanes of at least 4 members (excludes halogenated alkanes) is 2. The average Bonchev–Trinajstić information content (AvgIpc) is 2.61. The molecule has 6 nitrogen and oxygen atoms in total. The summed E-state index contributed by atoms with van der Waals surface area (Å²) in [5, 5.41) is 14.0. The Balaban J connectivity index is 1.87. The molecule has 0 radical (unpaired) electrons. The smallest absolute Gasteiger partial charge is 0.276 e. The first-order chi connectivity index (χ1) is 11.7. The van der Waals surface area contributed by atoms with Gasteiger partial charge in [0.25, 0.3) is 5.91 Å². The lowest BCUT2D eigenvalue weighted by Crippen LogP contribution is -2.15. The normalized spacial score (nSPS) is 10.2. The number of hydrogen-bond acceptors (Lipinski definition) is 5. The van der Waals surface area contributed by atoms with Gasteiger partial charge in [0.1, 0.15) is 11.6 Å². The molecule has 1 heterocycles. The fourth-order valence-electron chi connectivity index (χ4n) is 2.14. The highest BCUT2D eigenvalue weighted by atomic mass is 16.5. The molecular formula is C18H24N4O2.